The van der Waals surface area contributed by atoms with Crippen molar-refractivity contribution in [1.29, 1.82) is 0 Å². The molecule has 0 bridgehead atoms. The first-order valence-corrected chi connectivity index (χ1v) is 8.06. The second kappa shape index (κ2) is 8.90. The minimum atomic E-state index is -0.296. The Hall–Kier alpha value is -2.40. The van der Waals surface area contributed by atoms with E-state index in [2.05, 4.69) is 9.97 Å². The summed E-state index contributed by atoms with van der Waals surface area (Å²) in [6.45, 7) is 10.4. The van der Waals surface area contributed by atoms with Crippen LogP contribution in [0.3, 0.4) is 0 Å². The normalized spacial score (nSPS) is 9.65. The van der Waals surface area contributed by atoms with E-state index in [1.54, 1.807) is 6.20 Å². The first-order valence-electron chi connectivity index (χ1n) is 8.06. The van der Waals surface area contributed by atoms with Crippen LogP contribution in [0.5, 0.6) is 0 Å². The first kappa shape index (κ1) is 18.6. The third-order valence-electron chi connectivity index (χ3n) is 3.09. The lowest BCUT2D eigenvalue weighted by molar-refractivity contribution is 0.931. The van der Waals surface area contributed by atoms with Gasteiger partial charge in [-0.3, -0.25) is 4.57 Å². The predicted octanol–water partition coefficient (Wildman–Crippen LogP) is 3.53. The number of nitrogens with one attached hydrogen (secondary N) is 1. The lowest BCUT2D eigenvalue weighted by Gasteiger charge is -2.05. The van der Waals surface area contributed by atoms with Gasteiger partial charge >= 0.3 is 5.69 Å². The van der Waals surface area contributed by atoms with Crippen molar-refractivity contribution in [3.63, 3.8) is 0 Å². The molecule has 3 aromatic rings. The zero-order valence-electron chi connectivity index (χ0n) is 14.6. The van der Waals surface area contributed by atoms with E-state index in [1.807, 2.05) is 65.0 Å². The summed E-state index contributed by atoms with van der Waals surface area (Å²) in [5.41, 5.74) is 8.69. The van der Waals surface area contributed by atoms with Gasteiger partial charge in [0.05, 0.1) is 5.69 Å². The molecule has 0 saturated heterocycles. The van der Waals surface area contributed by atoms with Crippen LogP contribution in [0.15, 0.2) is 41.3 Å². The molecule has 2 heterocycles. The molecule has 124 valence electrons. The molecule has 23 heavy (non-hydrogen) atoms. The molecule has 0 fully saturated rings. The van der Waals surface area contributed by atoms with E-state index in [4.69, 9.17) is 5.73 Å². The Labute approximate surface area is 137 Å². The summed E-state index contributed by atoms with van der Waals surface area (Å²) in [4.78, 5) is 19.1. The van der Waals surface area contributed by atoms with Crippen molar-refractivity contribution < 1.29 is 0 Å². The van der Waals surface area contributed by atoms with Crippen molar-refractivity contribution in [1.82, 2.24) is 14.5 Å². The number of aromatic nitrogens is 3. The summed E-state index contributed by atoms with van der Waals surface area (Å²) in [5.74, 6) is 0. The van der Waals surface area contributed by atoms with Crippen LogP contribution in [0.2, 0.25) is 0 Å². The number of hydrogen-bond donors (Lipinski definition) is 2. The van der Waals surface area contributed by atoms with Crippen LogP contribution in [-0.2, 0) is 6.54 Å². The number of nitrogens with zero attached hydrogens (tertiary/aromatic N) is 2. The predicted molar refractivity (Wildman–Crippen MR) is 97.0 cm³/mol. The molecule has 2 aromatic heterocycles. The van der Waals surface area contributed by atoms with Crippen LogP contribution in [0.25, 0.3) is 16.7 Å². The van der Waals surface area contributed by atoms with Crippen molar-refractivity contribution in [3.8, 4) is 5.69 Å². The quantitative estimate of drug-likeness (QED) is 0.759. The van der Waals surface area contributed by atoms with Crippen LogP contribution in [0, 0.1) is 6.92 Å². The maximum absolute atomic E-state index is 12.0. The van der Waals surface area contributed by atoms with Gasteiger partial charge in [-0.05, 0) is 30.7 Å². The molecular weight excluding hydrogens is 288 g/mol. The molecule has 0 amide bonds. The van der Waals surface area contributed by atoms with Crippen LogP contribution >= 0.6 is 0 Å². The number of nitrogens with two attached hydrogens (primary N) is 1. The molecule has 0 spiro atoms. The van der Waals surface area contributed by atoms with Gasteiger partial charge in [-0.2, -0.15) is 4.98 Å². The molecular formula is C18H26N4O. The third-order valence-corrected chi connectivity index (χ3v) is 3.09. The van der Waals surface area contributed by atoms with Crippen molar-refractivity contribution in [2.24, 2.45) is 5.73 Å². The van der Waals surface area contributed by atoms with Crippen molar-refractivity contribution in [2.75, 3.05) is 0 Å². The molecule has 5 heteroatoms. The number of benzene rings is 1. The molecule has 0 aliphatic heterocycles. The summed E-state index contributed by atoms with van der Waals surface area (Å²) in [6.07, 6.45) is 1.80. The zero-order chi connectivity index (χ0) is 17.4. The Morgan fingerprint density at radius 2 is 1.74 bits per heavy atom. The van der Waals surface area contributed by atoms with Crippen LogP contribution in [0.4, 0.5) is 0 Å². The van der Waals surface area contributed by atoms with Gasteiger partial charge in [0.25, 0.3) is 0 Å². The highest BCUT2D eigenvalue weighted by Crippen LogP contribution is 2.13. The van der Waals surface area contributed by atoms with Gasteiger partial charge in [0.1, 0.15) is 5.65 Å². The lowest BCUT2D eigenvalue weighted by Crippen LogP contribution is -2.20. The Kier molecular flexibility index (Phi) is 7.22. The summed E-state index contributed by atoms with van der Waals surface area (Å²) < 4.78 is 1.54. The Balaban J connectivity index is 0.000000615. The van der Waals surface area contributed by atoms with E-state index in [0.29, 0.717) is 12.2 Å². The Bertz CT molecular complexity index is 785. The number of hydrogen-bond acceptors (Lipinski definition) is 3. The second-order valence-electron chi connectivity index (χ2n) is 4.52. The number of fused-ring (bicyclic) bond motifs is 1. The molecule has 0 atom stereocenters. The standard InChI is InChI=1S/C14H14N4O.2C2H6/c1-9-6-11-8-18(14(19)17-13(11)16-9)12-4-2-10(7-15)3-5-12;2*1-2/h2-6,8H,7,15H2,1H3,(H,16,17,19);2*1-2H3. The van der Waals surface area contributed by atoms with Crippen LogP contribution < -0.4 is 11.4 Å². The van der Waals surface area contributed by atoms with Crippen molar-refractivity contribution in [2.45, 2.75) is 41.2 Å². The van der Waals surface area contributed by atoms with Gasteiger partial charge in [-0.25, -0.2) is 4.79 Å². The number of rotatable bonds is 2. The fourth-order valence-corrected chi connectivity index (χ4v) is 2.11. The third kappa shape index (κ3) is 4.29. The molecule has 0 radical (unpaired) electrons. The van der Waals surface area contributed by atoms with Gasteiger partial charge < -0.3 is 10.7 Å². The van der Waals surface area contributed by atoms with Crippen molar-refractivity contribution in [3.05, 3.63) is 58.3 Å². The summed E-state index contributed by atoms with van der Waals surface area (Å²) >= 11 is 0. The van der Waals surface area contributed by atoms with Gasteiger partial charge in [-0.15, -0.1) is 0 Å². The largest absolute Gasteiger partial charge is 0.354 e. The summed E-state index contributed by atoms with van der Waals surface area (Å²) in [6, 6.07) is 9.53. The molecule has 0 saturated carbocycles. The monoisotopic (exact) mass is 314 g/mol. The molecule has 1 aromatic carbocycles. The number of aryl methyl sites for hydroxylation is 1. The average molecular weight is 314 g/mol. The first-order chi connectivity index (χ1) is 11.2. The lowest BCUT2D eigenvalue weighted by atomic mass is 10.2. The molecule has 3 N–H and O–H groups in total. The number of aromatic amines is 1. The van der Waals surface area contributed by atoms with Gasteiger partial charge in [0.15, 0.2) is 0 Å². The van der Waals surface area contributed by atoms with Crippen LogP contribution in [-0.4, -0.2) is 14.5 Å². The second-order valence-corrected chi connectivity index (χ2v) is 4.52. The van der Waals surface area contributed by atoms with Crippen molar-refractivity contribution >= 4 is 11.0 Å². The van der Waals surface area contributed by atoms with E-state index < -0.39 is 0 Å². The van der Waals surface area contributed by atoms with E-state index in [1.165, 1.54) is 4.57 Å². The molecule has 0 aliphatic rings. The van der Waals surface area contributed by atoms with Gasteiger partial charge in [0.2, 0.25) is 0 Å². The molecule has 5 nitrogen and oxygen atoms in total. The average Bonchev–Trinajstić information content (AvgIpc) is 2.97. The van der Waals surface area contributed by atoms with Gasteiger partial charge in [0, 0.05) is 23.8 Å². The molecule has 0 aliphatic carbocycles. The van der Waals surface area contributed by atoms with E-state index in [9.17, 15) is 4.79 Å². The minimum absolute atomic E-state index is 0.296. The Morgan fingerprint density at radius 3 is 2.30 bits per heavy atom. The maximum atomic E-state index is 12.0. The Morgan fingerprint density at radius 1 is 1.13 bits per heavy atom. The fourth-order valence-electron chi connectivity index (χ4n) is 2.11. The highest BCUT2D eigenvalue weighted by atomic mass is 16.1. The molecule has 0 unspecified atom stereocenters. The SMILES string of the molecule is CC.CC.Cc1cc2cn(-c3ccc(CN)cc3)c(=O)nc2[nH]1. The molecule has 3 rings (SSSR count). The summed E-state index contributed by atoms with van der Waals surface area (Å²) in [5, 5.41) is 0.917. The van der Waals surface area contributed by atoms with Crippen LogP contribution in [0.1, 0.15) is 39.0 Å². The van der Waals surface area contributed by atoms with E-state index in [-0.39, 0.29) is 5.69 Å². The minimum Gasteiger partial charge on any atom is -0.343 e. The number of H-pyrrole nitrogens is 1. The fraction of sp³-hybridized carbons (Fsp3) is 0.333. The van der Waals surface area contributed by atoms with E-state index in [0.717, 1.165) is 22.3 Å². The maximum Gasteiger partial charge on any atom is 0.354 e. The summed E-state index contributed by atoms with van der Waals surface area (Å²) in [7, 11) is 0. The zero-order valence-corrected chi connectivity index (χ0v) is 14.6. The highest BCUT2D eigenvalue weighted by molar-refractivity contribution is 5.75. The smallest absolute Gasteiger partial charge is 0.343 e. The highest BCUT2D eigenvalue weighted by Gasteiger charge is 2.05. The van der Waals surface area contributed by atoms with Gasteiger partial charge in [-0.1, -0.05) is 39.8 Å². The van der Waals surface area contributed by atoms with E-state index >= 15 is 0 Å². The topological polar surface area (TPSA) is 76.7 Å².